The van der Waals surface area contributed by atoms with Crippen molar-refractivity contribution < 1.29 is 9.59 Å². The van der Waals surface area contributed by atoms with E-state index in [9.17, 15) is 9.59 Å². The highest BCUT2D eigenvalue weighted by Gasteiger charge is 2.29. The van der Waals surface area contributed by atoms with Crippen molar-refractivity contribution in [2.45, 2.75) is 63.1 Å². The van der Waals surface area contributed by atoms with Crippen LogP contribution in [0.1, 0.15) is 47.0 Å². The SMILES string of the molecule is CC(=O)Nc1ccc(S[C@H](C)C(=O)N[C@@H]2CCC[C@H](C)[C@@H]2C)cc1. The van der Waals surface area contributed by atoms with Gasteiger partial charge in [0.2, 0.25) is 11.8 Å². The minimum atomic E-state index is -0.138. The van der Waals surface area contributed by atoms with Crippen molar-refractivity contribution in [2.75, 3.05) is 5.32 Å². The summed E-state index contributed by atoms with van der Waals surface area (Å²) in [7, 11) is 0. The molecule has 0 heterocycles. The van der Waals surface area contributed by atoms with Gasteiger partial charge < -0.3 is 10.6 Å². The van der Waals surface area contributed by atoms with Gasteiger partial charge in [-0.25, -0.2) is 0 Å². The molecule has 1 fully saturated rings. The van der Waals surface area contributed by atoms with E-state index in [4.69, 9.17) is 0 Å². The van der Waals surface area contributed by atoms with Crippen molar-refractivity contribution >= 4 is 29.3 Å². The second-order valence-electron chi connectivity index (χ2n) is 6.85. The minimum absolute atomic E-state index is 0.0843. The van der Waals surface area contributed by atoms with Crippen LogP contribution in [0.3, 0.4) is 0 Å². The summed E-state index contributed by atoms with van der Waals surface area (Å²) in [5.41, 5.74) is 0.772. The Morgan fingerprint density at radius 3 is 2.46 bits per heavy atom. The van der Waals surface area contributed by atoms with E-state index in [1.165, 1.54) is 19.8 Å². The fourth-order valence-corrected chi connectivity index (χ4v) is 4.04. The van der Waals surface area contributed by atoms with Crippen LogP contribution in [-0.4, -0.2) is 23.1 Å². The predicted molar refractivity (Wildman–Crippen MR) is 100 cm³/mol. The topological polar surface area (TPSA) is 58.2 Å². The predicted octanol–water partition coefficient (Wildman–Crippen LogP) is 4.07. The molecule has 0 radical (unpaired) electrons. The third-order valence-corrected chi connectivity index (χ3v) is 6.00. The summed E-state index contributed by atoms with van der Waals surface area (Å²) in [5.74, 6) is 1.24. The molecule has 2 rings (SSSR count). The number of carbonyl (C=O) groups is 2. The van der Waals surface area contributed by atoms with Crippen molar-refractivity contribution in [3.8, 4) is 0 Å². The largest absolute Gasteiger partial charge is 0.352 e. The van der Waals surface area contributed by atoms with Gasteiger partial charge in [0, 0.05) is 23.5 Å². The molecular weight excluding hydrogens is 320 g/mol. The molecule has 2 N–H and O–H groups in total. The van der Waals surface area contributed by atoms with E-state index < -0.39 is 0 Å². The summed E-state index contributed by atoms with van der Waals surface area (Å²) in [4.78, 5) is 24.6. The highest BCUT2D eigenvalue weighted by atomic mass is 32.2. The van der Waals surface area contributed by atoms with Gasteiger partial charge >= 0.3 is 0 Å². The third-order valence-electron chi connectivity index (χ3n) is 4.89. The zero-order valence-corrected chi connectivity index (χ0v) is 15.8. The molecule has 0 bridgehead atoms. The lowest BCUT2D eigenvalue weighted by Gasteiger charge is -2.35. The Bertz CT molecular complexity index is 573. The van der Waals surface area contributed by atoms with Gasteiger partial charge in [-0.2, -0.15) is 0 Å². The van der Waals surface area contributed by atoms with Crippen molar-refractivity contribution in [1.29, 1.82) is 0 Å². The summed E-state index contributed by atoms with van der Waals surface area (Å²) in [6.07, 6.45) is 3.54. The molecule has 2 amide bonds. The summed E-state index contributed by atoms with van der Waals surface area (Å²) in [6, 6.07) is 7.89. The number of rotatable bonds is 5. The lowest BCUT2D eigenvalue weighted by atomic mass is 9.78. The van der Waals surface area contributed by atoms with Crippen molar-refractivity contribution in [2.24, 2.45) is 11.8 Å². The van der Waals surface area contributed by atoms with Crippen LogP contribution in [-0.2, 0) is 9.59 Å². The second-order valence-corrected chi connectivity index (χ2v) is 8.26. The maximum Gasteiger partial charge on any atom is 0.233 e. The Kier molecular flexibility index (Phi) is 6.72. The Morgan fingerprint density at radius 1 is 1.17 bits per heavy atom. The quantitative estimate of drug-likeness (QED) is 0.789. The van der Waals surface area contributed by atoms with Crippen LogP contribution in [0.5, 0.6) is 0 Å². The molecule has 1 aliphatic rings. The molecule has 1 saturated carbocycles. The van der Waals surface area contributed by atoms with Gasteiger partial charge in [-0.05, 0) is 49.4 Å². The van der Waals surface area contributed by atoms with Gasteiger partial charge in [0.05, 0.1) is 5.25 Å². The van der Waals surface area contributed by atoms with Crippen LogP contribution < -0.4 is 10.6 Å². The first-order valence-corrected chi connectivity index (χ1v) is 9.59. The van der Waals surface area contributed by atoms with E-state index >= 15 is 0 Å². The number of carbonyl (C=O) groups excluding carboxylic acids is 2. The van der Waals surface area contributed by atoms with E-state index in [-0.39, 0.29) is 17.1 Å². The van der Waals surface area contributed by atoms with E-state index in [2.05, 4.69) is 24.5 Å². The normalized spacial score (nSPS) is 24.9. The molecule has 4 atom stereocenters. The van der Waals surface area contributed by atoms with Gasteiger partial charge in [0.1, 0.15) is 0 Å². The lowest BCUT2D eigenvalue weighted by molar-refractivity contribution is -0.121. The summed E-state index contributed by atoms with van der Waals surface area (Å²) in [6.45, 7) is 7.95. The number of nitrogens with one attached hydrogen (secondary N) is 2. The number of benzene rings is 1. The van der Waals surface area contributed by atoms with Gasteiger partial charge in [-0.1, -0.05) is 26.7 Å². The average Bonchev–Trinajstić information content (AvgIpc) is 2.53. The molecule has 24 heavy (non-hydrogen) atoms. The third kappa shape index (κ3) is 5.26. The maximum atomic E-state index is 12.5. The Hall–Kier alpha value is -1.49. The molecule has 132 valence electrons. The first kappa shape index (κ1) is 18.8. The van der Waals surface area contributed by atoms with E-state index in [0.29, 0.717) is 17.9 Å². The molecule has 0 unspecified atom stereocenters. The molecule has 1 aromatic rings. The maximum absolute atomic E-state index is 12.5. The van der Waals surface area contributed by atoms with Crippen molar-refractivity contribution in [1.82, 2.24) is 5.32 Å². The van der Waals surface area contributed by atoms with Crippen molar-refractivity contribution in [3.63, 3.8) is 0 Å². The van der Waals surface area contributed by atoms with E-state index in [0.717, 1.165) is 17.0 Å². The first-order chi connectivity index (χ1) is 11.4. The second kappa shape index (κ2) is 8.56. The highest BCUT2D eigenvalue weighted by molar-refractivity contribution is 8.00. The van der Waals surface area contributed by atoms with Crippen LogP contribution in [0.4, 0.5) is 5.69 Å². The Labute approximate surface area is 149 Å². The lowest BCUT2D eigenvalue weighted by Crippen LogP contribution is -2.46. The van der Waals surface area contributed by atoms with Gasteiger partial charge in [0.25, 0.3) is 0 Å². The Morgan fingerprint density at radius 2 is 1.83 bits per heavy atom. The van der Waals surface area contributed by atoms with E-state index in [1.54, 1.807) is 11.8 Å². The number of amides is 2. The summed E-state index contributed by atoms with van der Waals surface area (Å²) >= 11 is 1.55. The molecule has 1 aromatic carbocycles. The molecule has 0 aliphatic heterocycles. The summed E-state index contributed by atoms with van der Waals surface area (Å²) < 4.78 is 0. The van der Waals surface area contributed by atoms with Crippen molar-refractivity contribution in [3.05, 3.63) is 24.3 Å². The number of thioether (sulfide) groups is 1. The zero-order valence-electron chi connectivity index (χ0n) is 15.0. The molecular formula is C19H28N2O2S. The van der Waals surface area contributed by atoms with E-state index in [1.807, 2.05) is 31.2 Å². The van der Waals surface area contributed by atoms with Crippen LogP contribution in [0.25, 0.3) is 0 Å². The van der Waals surface area contributed by atoms with Gasteiger partial charge in [0.15, 0.2) is 0 Å². The van der Waals surface area contributed by atoms with Crippen LogP contribution in [0, 0.1) is 11.8 Å². The number of hydrogen-bond acceptors (Lipinski definition) is 3. The Balaban J connectivity index is 1.88. The smallest absolute Gasteiger partial charge is 0.233 e. The molecule has 0 saturated heterocycles. The fraction of sp³-hybridized carbons (Fsp3) is 0.579. The average molecular weight is 349 g/mol. The number of anilines is 1. The summed E-state index contributed by atoms with van der Waals surface area (Å²) in [5, 5.41) is 5.85. The molecule has 5 heteroatoms. The zero-order chi connectivity index (χ0) is 17.7. The van der Waals surface area contributed by atoms with Crippen LogP contribution in [0.2, 0.25) is 0 Å². The standard InChI is InChI=1S/C19H28N2O2S/c1-12-6-5-7-18(13(12)2)21-19(23)14(3)24-17-10-8-16(9-11-17)20-15(4)22/h8-14,18H,5-7H2,1-4H3,(H,20,22)(H,21,23)/t12-,13-,14+,18+/m0/s1. The molecule has 4 nitrogen and oxygen atoms in total. The first-order valence-electron chi connectivity index (χ1n) is 8.71. The number of hydrogen-bond donors (Lipinski definition) is 2. The minimum Gasteiger partial charge on any atom is -0.352 e. The van der Waals surface area contributed by atoms with Crippen LogP contribution in [0.15, 0.2) is 29.2 Å². The van der Waals surface area contributed by atoms with Gasteiger partial charge in [-0.3, -0.25) is 9.59 Å². The molecule has 1 aliphatic carbocycles. The molecule has 0 aromatic heterocycles. The fourth-order valence-electron chi connectivity index (χ4n) is 3.16. The van der Waals surface area contributed by atoms with Gasteiger partial charge in [-0.15, -0.1) is 11.8 Å². The molecule has 0 spiro atoms. The highest BCUT2D eigenvalue weighted by Crippen LogP contribution is 2.30. The van der Waals surface area contributed by atoms with Crippen LogP contribution >= 0.6 is 11.8 Å². The monoisotopic (exact) mass is 348 g/mol.